The minimum atomic E-state index is -3.46. The van der Waals surface area contributed by atoms with Gasteiger partial charge in [-0.15, -0.1) is 0 Å². The maximum absolute atomic E-state index is 12.5. The van der Waals surface area contributed by atoms with Gasteiger partial charge in [0.15, 0.2) is 27.2 Å². The number of carbonyl (C=O) groups is 3. The summed E-state index contributed by atoms with van der Waals surface area (Å²) in [5, 5.41) is -0.0802. The van der Waals surface area contributed by atoms with E-state index in [1.54, 1.807) is 13.8 Å². The van der Waals surface area contributed by atoms with Gasteiger partial charge in [-0.2, -0.15) is 0 Å². The smallest absolute Gasteiger partial charge is 0.182 e. The average Bonchev–Trinajstić information content (AvgIpc) is 2.34. The summed E-state index contributed by atoms with van der Waals surface area (Å²) in [6.45, 7) is 3.61. The van der Waals surface area contributed by atoms with Gasteiger partial charge in [0.2, 0.25) is 0 Å². The Morgan fingerprint density at radius 2 is 1.70 bits per heavy atom. The third-order valence-corrected chi connectivity index (χ3v) is 5.27. The van der Waals surface area contributed by atoms with Crippen LogP contribution < -0.4 is 0 Å². The number of halogens is 1. The van der Waals surface area contributed by atoms with Crippen LogP contribution in [0.5, 0.6) is 0 Å². The third-order valence-electron chi connectivity index (χ3n) is 3.85. The molecule has 0 unspecified atom stereocenters. The highest BCUT2D eigenvalue weighted by Crippen LogP contribution is 2.36. The lowest BCUT2D eigenvalue weighted by molar-refractivity contribution is -0.137. The maximum Gasteiger partial charge on any atom is 0.182 e. The Balaban J connectivity index is 2.38. The Hall–Kier alpha value is -1.53. The topological polar surface area (TPSA) is 85.3 Å². The second kappa shape index (κ2) is 5.83. The normalized spacial score (nSPS) is 19.0. The molecule has 1 aromatic carbocycles. The van der Waals surface area contributed by atoms with Gasteiger partial charge in [-0.25, -0.2) is 8.42 Å². The van der Waals surface area contributed by atoms with Crippen LogP contribution in [0.4, 0.5) is 0 Å². The first-order valence-corrected chi connectivity index (χ1v) is 9.28. The first-order chi connectivity index (χ1) is 10.4. The molecule has 1 aliphatic rings. The van der Waals surface area contributed by atoms with Crippen molar-refractivity contribution >= 4 is 38.8 Å². The van der Waals surface area contributed by atoms with Gasteiger partial charge in [0.05, 0.1) is 9.92 Å². The second-order valence-electron chi connectivity index (χ2n) is 6.66. The van der Waals surface area contributed by atoms with Crippen LogP contribution in [0.3, 0.4) is 0 Å². The Morgan fingerprint density at radius 1 is 1.17 bits per heavy atom. The standard InChI is InChI=1S/C16H17ClO5S/c1-16(2)7-12(18)14(13(19)8-16)15(20)10-5-4-9(6-11(10)17)23(3,21)22/h4-6,14H,7-8H2,1-3H3. The van der Waals surface area contributed by atoms with Crippen molar-refractivity contribution in [3.8, 4) is 0 Å². The van der Waals surface area contributed by atoms with Crippen LogP contribution in [0, 0.1) is 11.3 Å². The lowest BCUT2D eigenvalue weighted by Crippen LogP contribution is -2.41. The quantitative estimate of drug-likeness (QED) is 0.613. The highest BCUT2D eigenvalue weighted by atomic mass is 35.5. The van der Waals surface area contributed by atoms with Crippen LogP contribution in [0.15, 0.2) is 23.1 Å². The molecular formula is C16H17ClO5S. The van der Waals surface area contributed by atoms with E-state index in [1.165, 1.54) is 12.1 Å². The molecule has 0 aliphatic heterocycles. The van der Waals surface area contributed by atoms with Crippen molar-refractivity contribution in [2.24, 2.45) is 11.3 Å². The number of ketones is 3. The zero-order valence-electron chi connectivity index (χ0n) is 13.1. The minimum absolute atomic E-state index is 0.00882. The molecule has 5 nitrogen and oxygen atoms in total. The molecule has 1 fully saturated rings. The molecule has 7 heteroatoms. The van der Waals surface area contributed by atoms with Crippen LogP contribution in [-0.4, -0.2) is 32.0 Å². The van der Waals surface area contributed by atoms with Crippen LogP contribution in [0.2, 0.25) is 5.02 Å². The van der Waals surface area contributed by atoms with Crippen molar-refractivity contribution in [3.63, 3.8) is 0 Å². The largest absolute Gasteiger partial charge is 0.298 e. The average molecular weight is 357 g/mol. The highest BCUT2D eigenvalue weighted by molar-refractivity contribution is 7.90. The van der Waals surface area contributed by atoms with E-state index < -0.39 is 38.5 Å². The van der Waals surface area contributed by atoms with Crippen molar-refractivity contribution in [1.29, 1.82) is 0 Å². The minimum Gasteiger partial charge on any atom is -0.298 e. The van der Waals surface area contributed by atoms with Crippen molar-refractivity contribution in [2.45, 2.75) is 31.6 Å². The van der Waals surface area contributed by atoms with E-state index in [0.29, 0.717) is 0 Å². The fourth-order valence-electron chi connectivity index (χ4n) is 2.76. The third kappa shape index (κ3) is 3.70. The van der Waals surface area contributed by atoms with Crippen molar-refractivity contribution in [1.82, 2.24) is 0 Å². The molecule has 0 heterocycles. The molecule has 1 aliphatic carbocycles. The molecule has 23 heavy (non-hydrogen) atoms. The molecule has 1 aromatic rings. The van der Waals surface area contributed by atoms with E-state index in [-0.39, 0.29) is 28.3 Å². The van der Waals surface area contributed by atoms with Crippen LogP contribution in [0.1, 0.15) is 37.0 Å². The Morgan fingerprint density at radius 3 is 2.13 bits per heavy atom. The number of Topliss-reactive ketones (excluding diaryl/α,β-unsaturated/α-hetero) is 3. The van der Waals surface area contributed by atoms with Crippen molar-refractivity contribution in [3.05, 3.63) is 28.8 Å². The van der Waals surface area contributed by atoms with E-state index in [9.17, 15) is 22.8 Å². The Labute approximate surface area is 139 Å². The molecule has 0 saturated heterocycles. The summed E-state index contributed by atoms with van der Waals surface area (Å²) < 4.78 is 23.0. The summed E-state index contributed by atoms with van der Waals surface area (Å²) in [5.74, 6) is -2.84. The predicted octanol–water partition coefficient (Wildman–Crippen LogP) is 2.50. The summed E-state index contributed by atoms with van der Waals surface area (Å²) in [6, 6.07) is 3.66. The van der Waals surface area contributed by atoms with Gasteiger partial charge in [0, 0.05) is 24.7 Å². The molecule has 1 saturated carbocycles. The van der Waals surface area contributed by atoms with E-state index in [4.69, 9.17) is 11.6 Å². The van der Waals surface area contributed by atoms with Crippen LogP contribution in [0.25, 0.3) is 0 Å². The molecule has 124 valence electrons. The first kappa shape index (κ1) is 17.8. The lowest BCUT2D eigenvalue weighted by Gasteiger charge is -2.31. The van der Waals surface area contributed by atoms with Crippen molar-refractivity contribution < 1.29 is 22.8 Å². The van der Waals surface area contributed by atoms with Gasteiger partial charge in [0.25, 0.3) is 0 Å². The first-order valence-electron chi connectivity index (χ1n) is 7.02. The fourth-order valence-corrected chi connectivity index (χ4v) is 3.75. The SMILES string of the molecule is CC1(C)CC(=O)C(C(=O)c2ccc(S(C)(=O)=O)cc2Cl)C(=O)C1. The molecule has 0 N–H and O–H groups in total. The van der Waals surface area contributed by atoms with Gasteiger partial charge in [0.1, 0.15) is 5.92 Å². The molecule has 2 rings (SSSR count). The summed E-state index contributed by atoms with van der Waals surface area (Å²) in [7, 11) is -3.46. The number of benzene rings is 1. The number of hydrogen-bond acceptors (Lipinski definition) is 5. The molecular weight excluding hydrogens is 340 g/mol. The number of hydrogen-bond donors (Lipinski definition) is 0. The predicted molar refractivity (Wildman–Crippen MR) is 85.4 cm³/mol. The zero-order chi connectivity index (χ0) is 17.6. The molecule has 0 bridgehead atoms. The zero-order valence-corrected chi connectivity index (χ0v) is 14.6. The van der Waals surface area contributed by atoms with E-state index >= 15 is 0 Å². The van der Waals surface area contributed by atoms with Gasteiger partial charge in [-0.1, -0.05) is 25.4 Å². The fraction of sp³-hybridized carbons (Fsp3) is 0.438. The van der Waals surface area contributed by atoms with Crippen LogP contribution >= 0.6 is 11.6 Å². The molecule has 0 aromatic heterocycles. The van der Waals surface area contributed by atoms with Gasteiger partial charge < -0.3 is 0 Å². The highest BCUT2D eigenvalue weighted by Gasteiger charge is 2.43. The number of carbonyl (C=O) groups excluding carboxylic acids is 3. The number of sulfone groups is 1. The molecule has 0 radical (unpaired) electrons. The molecule has 0 spiro atoms. The molecule has 0 amide bonds. The summed E-state index contributed by atoms with van der Waals surface area (Å²) in [6.07, 6.45) is 1.32. The summed E-state index contributed by atoms with van der Waals surface area (Å²) in [4.78, 5) is 36.9. The number of rotatable bonds is 3. The van der Waals surface area contributed by atoms with Crippen molar-refractivity contribution in [2.75, 3.05) is 6.26 Å². The van der Waals surface area contributed by atoms with E-state index in [1.807, 2.05) is 0 Å². The second-order valence-corrected chi connectivity index (χ2v) is 9.08. The Kier molecular flexibility index (Phi) is 4.52. The summed E-state index contributed by atoms with van der Waals surface area (Å²) in [5.41, 5.74) is -0.458. The van der Waals surface area contributed by atoms with Gasteiger partial charge in [-0.3, -0.25) is 14.4 Å². The summed E-state index contributed by atoms with van der Waals surface area (Å²) >= 11 is 5.99. The lowest BCUT2D eigenvalue weighted by atomic mass is 9.70. The van der Waals surface area contributed by atoms with E-state index in [0.717, 1.165) is 12.3 Å². The van der Waals surface area contributed by atoms with Gasteiger partial charge in [-0.05, 0) is 23.6 Å². The van der Waals surface area contributed by atoms with E-state index in [2.05, 4.69) is 0 Å². The monoisotopic (exact) mass is 356 g/mol. The molecule has 0 atom stereocenters. The van der Waals surface area contributed by atoms with Gasteiger partial charge >= 0.3 is 0 Å². The maximum atomic E-state index is 12.5. The van der Waals surface area contributed by atoms with Crippen LogP contribution in [-0.2, 0) is 19.4 Å². The Bertz CT molecular complexity index is 788.